The second kappa shape index (κ2) is 7.89. The third kappa shape index (κ3) is 3.74. The summed E-state index contributed by atoms with van der Waals surface area (Å²) in [5.74, 6) is 0.433. The van der Waals surface area contributed by atoms with Gasteiger partial charge in [-0.15, -0.1) is 0 Å². The van der Waals surface area contributed by atoms with E-state index in [4.69, 9.17) is 4.74 Å². The van der Waals surface area contributed by atoms with E-state index in [2.05, 4.69) is 6.92 Å². The molecule has 1 atom stereocenters. The fourth-order valence-corrected chi connectivity index (χ4v) is 3.71. The molecular formula is C20H26N2O4. The van der Waals surface area contributed by atoms with Gasteiger partial charge in [0.05, 0.1) is 5.69 Å². The number of carbonyl (C=O) groups excluding carboxylic acids is 3. The van der Waals surface area contributed by atoms with E-state index in [9.17, 15) is 14.4 Å². The van der Waals surface area contributed by atoms with Gasteiger partial charge in [-0.05, 0) is 43.9 Å². The molecule has 0 spiro atoms. The lowest BCUT2D eigenvalue weighted by molar-refractivity contribution is -0.134. The standard InChI is InChI=1S/C20H26N2O4/c1-3-15-6-4-5-11-22(15)19(24)10-8-17(23)14-7-9-18-16(12-14)21(2)20(25)13-26-18/h7,9,12,15H,3-6,8,10-11,13H2,1-2H3. The molecule has 1 unspecified atom stereocenters. The Bertz CT molecular complexity index is 716. The van der Waals surface area contributed by atoms with Gasteiger partial charge in [0.25, 0.3) is 5.91 Å². The molecule has 6 nitrogen and oxygen atoms in total. The molecule has 1 saturated heterocycles. The number of nitrogens with zero attached hydrogens (tertiary/aromatic N) is 2. The zero-order chi connectivity index (χ0) is 18.7. The molecule has 1 fully saturated rings. The van der Waals surface area contributed by atoms with Crippen LogP contribution in [-0.4, -0.2) is 48.7 Å². The minimum Gasteiger partial charge on any atom is -0.482 e. The number of benzene rings is 1. The van der Waals surface area contributed by atoms with Crippen LogP contribution < -0.4 is 9.64 Å². The minimum atomic E-state index is -0.145. The highest BCUT2D eigenvalue weighted by atomic mass is 16.5. The smallest absolute Gasteiger partial charge is 0.264 e. The van der Waals surface area contributed by atoms with Crippen molar-refractivity contribution in [3.63, 3.8) is 0 Å². The van der Waals surface area contributed by atoms with Crippen LogP contribution in [0, 0.1) is 0 Å². The number of rotatable bonds is 5. The van der Waals surface area contributed by atoms with Crippen LogP contribution in [0.25, 0.3) is 0 Å². The predicted molar refractivity (Wildman–Crippen MR) is 98.6 cm³/mol. The van der Waals surface area contributed by atoms with Gasteiger partial charge in [-0.25, -0.2) is 0 Å². The summed E-state index contributed by atoms with van der Waals surface area (Å²) in [5.41, 5.74) is 1.10. The summed E-state index contributed by atoms with van der Waals surface area (Å²) >= 11 is 0. The van der Waals surface area contributed by atoms with Gasteiger partial charge in [-0.3, -0.25) is 14.4 Å². The van der Waals surface area contributed by atoms with Gasteiger partial charge in [-0.2, -0.15) is 0 Å². The fourth-order valence-electron chi connectivity index (χ4n) is 3.71. The minimum absolute atomic E-state index is 0.0136. The quantitative estimate of drug-likeness (QED) is 0.759. The van der Waals surface area contributed by atoms with Gasteiger partial charge in [0.1, 0.15) is 5.75 Å². The molecule has 0 aromatic heterocycles. The summed E-state index contributed by atoms with van der Waals surface area (Å²) in [5, 5.41) is 0. The predicted octanol–water partition coefficient (Wildman–Crippen LogP) is 2.80. The van der Waals surface area contributed by atoms with Crippen LogP contribution in [0.5, 0.6) is 5.75 Å². The fraction of sp³-hybridized carbons (Fsp3) is 0.550. The van der Waals surface area contributed by atoms with Gasteiger partial charge in [0, 0.05) is 38.0 Å². The Balaban J connectivity index is 1.63. The van der Waals surface area contributed by atoms with Crippen LogP contribution in [0.3, 0.4) is 0 Å². The van der Waals surface area contributed by atoms with E-state index >= 15 is 0 Å². The number of fused-ring (bicyclic) bond motifs is 1. The highest BCUT2D eigenvalue weighted by Gasteiger charge is 2.26. The molecule has 2 aliphatic rings. The Morgan fingerprint density at radius 2 is 2.04 bits per heavy atom. The SMILES string of the molecule is CCC1CCCCN1C(=O)CCC(=O)c1ccc2c(c1)N(C)C(=O)CO2. The average Bonchev–Trinajstić information content (AvgIpc) is 2.68. The summed E-state index contributed by atoms with van der Waals surface area (Å²) in [6.45, 7) is 2.92. The molecule has 0 radical (unpaired) electrons. The van der Waals surface area contributed by atoms with Gasteiger partial charge >= 0.3 is 0 Å². The Labute approximate surface area is 154 Å². The third-order valence-corrected chi connectivity index (χ3v) is 5.35. The highest BCUT2D eigenvalue weighted by molar-refractivity contribution is 6.02. The number of Topliss-reactive ketones (excluding diaryl/α,β-unsaturated/α-hetero) is 1. The molecule has 0 saturated carbocycles. The summed E-state index contributed by atoms with van der Waals surface area (Å²) in [6.07, 6.45) is 4.65. The molecule has 140 valence electrons. The lowest BCUT2D eigenvalue weighted by Crippen LogP contribution is -2.43. The number of piperidine rings is 1. The maximum absolute atomic E-state index is 12.5. The lowest BCUT2D eigenvalue weighted by Gasteiger charge is -2.35. The molecule has 6 heteroatoms. The van der Waals surface area contributed by atoms with E-state index in [1.54, 1.807) is 25.2 Å². The molecule has 1 aromatic rings. The first-order valence-corrected chi connectivity index (χ1v) is 9.37. The Hall–Kier alpha value is -2.37. The number of likely N-dealkylation sites (N-methyl/N-ethyl adjacent to an activating group) is 1. The number of ether oxygens (including phenoxy) is 1. The van der Waals surface area contributed by atoms with Crippen molar-refractivity contribution in [1.29, 1.82) is 0 Å². The van der Waals surface area contributed by atoms with E-state index in [1.165, 1.54) is 11.3 Å². The Morgan fingerprint density at radius 1 is 1.23 bits per heavy atom. The number of hydrogen-bond donors (Lipinski definition) is 0. The molecule has 2 heterocycles. The molecule has 3 rings (SSSR count). The van der Waals surface area contributed by atoms with Crippen molar-refractivity contribution in [2.45, 2.75) is 51.5 Å². The first-order valence-electron chi connectivity index (χ1n) is 9.37. The second-order valence-corrected chi connectivity index (χ2v) is 6.99. The van der Waals surface area contributed by atoms with Crippen molar-refractivity contribution in [1.82, 2.24) is 4.90 Å². The molecule has 26 heavy (non-hydrogen) atoms. The normalized spacial score (nSPS) is 19.8. The first kappa shape index (κ1) is 18.4. The highest BCUT2D eigenvalue weighted by Crippen LogP contribution is 2.32. The zero-order valence-corrected chi connectivity index (χ0v) is 15.5. The van der Waals surface area contributed by atoms with Gasteiger partial charge < -0.3 is 14.5 Å². The summed E-state index contributed by atoms with van der Waals surface area (Å²) in [6, 6.07) is 5.40. The monoisotopic (exact) mass is 358 g/mol. The third-order valence-electron chi connectivity index (χ3n) is 5.35. The summed E-state index contributed by atoms with van der Waals surface area (Å²) in [4.78, 5) is 40.3. The number of carbonyl (C=O) groups is 3. The van der Waals surface area contributed by atoms with Crippen LogP contribution in [0.4, 0.5) is 5.69 Å². The largest absolute Gasteiger partial charge is 0.482 e. The van der Waals surface area contributed by atoms with Crippen molar-refractivity contribution >= 4 is 23.3 Å². The van der Waals surface area contributed by atoms with Crippen LogP contribution in [0.15, 0.2) is 18.2 Å². The van der Waals surface area contributed by atoms with Crippen LogP contribution in [0.2, 0.25) is 0 Å². The van der Waals surface area contributed by atoms with Gasteiger partial charge in [0.2, 0.25) is 5.91 Å². The number of anilines is 1. The second-order valence-electron chi connectivity index (χ2n) is 6.99. The average molecular weight is 358 g/mol. The number of ketones is 1. The molecule has 0 N–H and O–H groups in total. The Kier molecular flexibility index (Phi) is 5.59. The van der Waals surface area contributed by atoms with Crippen LogP contribution in [0.1, 0.15) is 55.8 Å². The van der Waals surface area contributed by atoms with Crippen molar-refractivity contribution in [3.05, 3.63) is 23.8 Å². The molecule has 0 bridgehead atoms. The van der Waals surface area contributed by atoms with E-state index in [0.717, 1.165) is 25.8 Å². The number of likely N-dealkylation sites (tertiary alicyclic amines) is 1. The van der Waals surface area contributed by atoms with Gasteiger partial charge in [0.15, 0.2) is 12.4 Å². The number of amides is 2. The van der Waals surface area contributed by atoms with Crippen molar-refractivity contribution in [2.75, 3.05) is 25.1 Å². The van der Waals surface area contributed by atoms with Crippen molar-refractivity contribution in [3.8, 4) is 5.75 Å². The lowest BCUT2D eigenvalue weighted by atomic mass is 9.98. The topological polar surface area (TPSA) is 66.9 Å². The number of hydrogen-bond acceptors (Lipinski definition) is 4. The molecule has 0 aliphatic carbocycles. The zero-order valence-electron chi connectivity index (χ0n) is 15.5. The molecule has 2 aliphatic heterocycles. The van der Waals surface area contributed by atoms with Crippen molar-refractivity contribution < 1.29 is 19.1 Å². The Morgan fingerprint density at radius 3 is 2.81 bits per heavy atom. The van der Waals surface area contributed by atoms with Gasteiger partial charge in [-0.1, -0.05) is 6.92 Å². The van der Waals surface area contributed by atoms with E-state index < -0.39 is 0 Å². The molecule has 2 amide bonds. The molecule has 1 aromatic carbocycles. The maximum atomic E-state index is 12.5. The first-order chi connectivity index (χ1) is 12.5. The van der Waals surface area contributed by atoms with E-state index in [-0.39, 0.29) is 37.0 Å². The van der Waals surface area contributed by atoms with Crippen LogP contribution >= 0.6 is 0 Å². The summed E-state index contributed by atoms with van der Waals surface area (Å²) in [7, 11) is 1.67. The van der Waals surface area contributed by atoms with E-state index in [1.807, 2.05) is 4.90 Å². The molecular weight excluding hydrogens is 332 g/mol. The summed E-state index contributed by atoms with van der Waals surface area (Å²) < 4.78 is 5.38. The van der Waals surface area contributed by atoms with E-state index in [0.29, 0.717) is 23.0 Å². The van der Waals surface area contributed by atoms with Crippen LogP contribution in [-0.2, 0) is 9.59 Å². The maximum Gasteiger partial charge on any atom is 0.264 e. The van der Waals surface area contributed by atoms with Crippen molar-refractivity contribution in [2.24, 2.45) is 0 Å².